The van der Waals surface area contributed by atoms with Crippen molar-refractivity contribution in [1.29, 1.82) is 0 Å². The highest BCUT2D eigenvalue weighted by Gasteiger charge is 1.90. The summed E-state index contributed by atoms with van der Waals surface area (Å²) in [6, 6.07) is 0. The van der Waals surface area contributed by atoms with Gasteiger partial charge in [-0.25, -0.2) is 4.21 Å². The van der Waals surface area contributed by atoms with Gasteiger partial charge in [-0.05, 0) is 12.2 Å². The van der Waals surface area contributed by atoms with E-state index in [0.717, 1.165) is 0 Å². The predicted octanol–water partition coefficient (Wildman–Crippen LogP) is -0.992. The zero-order chi connectivity index (χ0) is 7.28. The Bertz CT molecular complexity index is 126. The minimum atomic E-state index is -1.08. The first-order valence-corrected chi connectivity index (χ1v) is 4.09. The number of rotatable bonds is 3. The maximum atomic E-state index is 10.5. The molecule has 0 saturated heterocycles. The summed E-state index contributed by atoms with van der Waals surface area (Å²) in [7, 11) is -1.08. The number of nitrogens with one attached hydrogen (secondary N) is 2. The van der Waals surface area contributed by atoms with Gasteiger partial charge in [0.25, 0.3) is 0 Å². The van der Waals surface area contributed by atoms with Gasteiger partial charge in [-0.15, -0.1) is 0 Å². The zero-order valence-electron chi connectivity index (χ0n) is 5.01. The molecule has 0 spiro atoms. The Kier molecular flexibility index (Phi) is 4.55. The Labute approximate surface area is 61.7 Å². The number of hydrogen-bond acceptors (Lipinski definition) is 2. The molecule has 0 radical (unpaired) electrons. The molecule has 0 aromatic heterocycles. The smallest absolute Gasteiger partial charge is 0.178 e. The summed E-state index contributed by atoms with van der Waals surface area (Å²) in [5.74, 6) is 0.523. The first kappa shape index (κ1) is 8.80. The molecule has 0 bridgehead atoms. The van der Waals surface area contributed by atoms with E-state index in [2.05, 4.69) is 22.5 Å². The van der Waals surface area contributed by atoms with Gasteiger partial charge in [-0.3, -0.25) is 5.43 Å². The molecule has 0 aromatic carbocycles. The lowest BCUT2D eigenvalue weighted by molar-refractivity contribution is 0.669. The molecule has 4 N–H and O–H groups in total. The number of thiocarbonyl (C=S) groups is 1. The van der Waals surface area contributed by atoms with Crippen molar-refractivity contribution in [3.05, 3.63) is 0 Å². The maximum Gasteiger partial charge on any atom is 0.178 e. The van der Waals surface area contributed by atoms with Crippen LogP contribution < -0.4 is 16.0 Å². The van der Waals surface area contributed by atoms with Crippen molar-refractivity contribution in [3.63, 3.8) is 0 Å². The molecule has 0 aliphatic rings. The fourth-order valence-corrected chi connectivity index (χ4v) is 0.663. The predicted molar refractivity (Wildman–Crippen MR) is 41.7 cm³/mol. The topological polar surface area (TPSA) is 67.2 Å². The fourth-order valence-electron chi connectivity index (χ4n) is 0.179. The third-order valence-electron chi connectivity index (χ3n) is 0.550. The second-order valence-electron chi connectivity index (χ2n) is 1.23. The van der Waals surface area contributed by atoms with E-state index < -0.39 is 11.0 Å². The van der Waals surface area contributed by atoms with Crippen molar-refractivity contribution in [3.8, 4) is 0 Å². The highest BCUT2D eigenvalue weighted by atomic mass is 32.2. The van der Waals surface area contributed by atoms with E-state index in [1.54, 1.807) is 6.92 Å². The second-order valence-corrected chi connectivity index (χ2v) is 3.14. The van der Waals surface area contributed by atoms with Crippen molar-refractivity contribution in [2.75, 3.05) is 5.75 Å². The molecule has 0 amide bonds. The first-order valence-electron chi connectivity index (χ1n) is 2.36. The van der Waals surface area contributed by atoms with E-state index in [4.69, 9.17) is 5.73 Å². The first-order chi connectivity index (χ1) is 4.16. The minimum absolute atomic E-state index is 0.0943. The number of hydrogen-bond donors (Lipinski definition) is 3. The van der Waals surface area contributed by atoms with Crippen LogP contribution in [0.5, 0.6) is 0 Å². The average molecular weight is 167 g/mol. The summed E-state index contributed by atoms with van der Waals surface area (Å²) < 4.78 is 10.5. The largest absolute Gasteiger partial charge is 0.375 e. The third kappa shape index (κ3) is 5.67. The molecule has 0 aliphatic heterocycles. The van der Waals surface area contributed by atoms with Crippen LogP contribution in [0, 0.1) is 0 Å². The second kappa shape index (κ2) is 4.66. The Balaban J connectivity index is 3.28. The molecule has 0 aliphatic carbocycles. The van der Waals surface area contributed by atoms with Gasteiger partial charge in [0, 0.05) is 5.75 Å². The van der Waals surface area contributed by atoms with Gasteiger partial charge in [-0.2, -0.15) is 4.83 Å². The SMILES string of the molecule is CCS(=O)NNC(N)=S. The van der Waals surface area contributed by atoms with Crippen LogP contribution in [0.2, 0.25) is 0 Å². The van der Waals surface area contributed by atoms with Crippen molar-refractivity contribution >= 4 is 28.3 Å². The Morgan fingerprint density at radius 3 is 2.78 bits per heavy atom. The van der Waals surface area contributed by atoms with Crippen LogP contribution in [0.4, 0.5) is 0 Å². The number of hydrazine groups is 1. The molecule has 6 heteroatoms. The molecule has 0 aromatic rings. The molecular formula is C3H9N3OS2. The summed E-state index contributed by atoms with van der Waals surface area (Å²) in [6.45, 7) is 1.78. The lowest BCUT2D eigenvalue weighted by Crippen LogP contribution is -2.42. The van der Waals surface area contributed by atoms with E-state index in [9.17, 15) is 4.21 Å². The van der Waals surface area contributed by atoms with E-state index in [-0.39, 0.29) is 5.11 Å². The van der Waals surface area contributed by atoms with Crippen LogP contribution in [-0.2, 0) is 11.0 Å². The van der Waals surface area contributed by atoms with Gasteiger partial charge in [-0.1, -0.05) is 6.92 Å². The highest BCUT2D eigenvalue weighted by Crippen LogP contribution is 1.67. The van der Waals surface area contributed by atoms with Crippen molar-refractivity contribution in [1.82, 2.24) is 10.3 Å². The highest BCUT2D eigenvalue weighted by molar-refractivity contribution is 7.83. The maximum absolute atomic E-state index is 10.5. The van der Waals surface area contributed by atoms with Crippen molar-refractivity contribution in [2.45, 2.75) is 6.92 Å². The Hall–Kier alpha value is -0.200. The fraction of sp³-hybridized carbons (Fsp3) is 0.667. The molecule has 1 atom stereocenters. The van der Waals surface area contributed by atoms with Gasteiger partial charge >= 0.3 is 0 Å². The zero-order valence-corrected chi connectivity index (χ0v) is 6.64. The van der Waals surface area contributed by atoms with Gasteiger partial charge in [0.05, 0.1) is 0 Å². The van der Waals surface area contributed by atoms with Crippen LogP contribution in [-0.4, -0.2) is 15.1 Å². The lowest BCUT2D eigenvalue weighted by Gasteiger charge is -2.01. The summed E-state index contributed by atoms with van der Waals surface area (Å²) >= 11 is 4.43. The van der Waals surface area contributed by atoms with Crippen molar-refractivity contribution < 1.29 is 4.21 Å². The van der Waals surface area contributed by atoms with E-state index in [0.29, 0.717) is 5.75 Å². The molecule has 54 valence electrons. The summed E-state index contributed by atoms with van der Waals surface area (Å²) in [5, 5.41) is 0.0943. The molecule has 1 unspecified atom stereocenters. The van der Waals surface area contributed by atoms with Crippen LogP contribution >= 0.6 is 12.2 Å². The van der Waals surface area contributed by atoms with Crippen LogP contribution in [0.3, 0.4) is 0 Å². The van der Waals surface area contributed by atoms with Crippen molar-refractivity contribution in [2.24, 2.45) is 5.73 Å². The van der Waals surface area contributed by atoms with E-state index in [1.807, 2.05) is 0 Å². The molecule has 0 fully saturated rings. The minimum Gasteiger partial charge on any atom is -0.375 e. The van der Waals surface area contributed by atoms with Crippen LogP contribution in [0.1, 0.15) is 6.92 Å². The lowest BCUT2D eigenvalue weighted by atomic mass is 11.0. The van der Waals surface area contributed by atoms with E-state index in [1.165, 1.54) is 0 Å². The standard InChI is InChI=1S/C3H9N3OS2/c1-2-9(7)6-5-3(4)8/h6H,2H2,1H3,(H3,4,5,8). The average Bonchev–Trinajstić information content (AvgIpc) is 1.83. The van der Waals surface area contributed by atoms with Crippen LogP contribution in [0.15, 0.2) is 0 Å². The molecule has 0 heterocycles. The molecular weight excluding hydrogens is 158 g/mol. The van der Waals surface area contributed by atoms with Crippen LogP contribution in [0.25, 0.3) is 0 Å². The summed E-state index contributed by atoms with van der Waals surface area (Å²) in [5.41, 5.74) is 7.37. The summed E-state index contributed by atoms with van der Waals surface area (Å²) in [6.07, 6.45) is 0. The Morgan fingerprint density at radius 1 is 1.89 bits per heavy atom. The monoisotopic (exact) mass is 167 g/mol. The third-order valence-corrected chi connectivity index (χ3v) is 1.51. The Morgan fingerprint density at radius 2 is 2.44 bits per heavy atom. The van der Waals surface area contributed by atoms with Gasteiger partial charge in [0.2, 0.25) is 0 Å². The van der Waals surface area contributed by atoms with Gasteiger partial charge in [0.15, 0.2) is 5.11 Å². The normalized spacial score (nSPS) is 12.6. The van der Waals surface area contributed by atoms with Gasteiger partial charge in [0.1, 0.15) is 11.0 Å². The number of nitrogens with two attached hydrogens (primary N) is 1. The molecule has 4 nitrogen and oxygen atoms in total. The molecule has 0 rings (SSSR count). The van der Waals surface area contributed by atoms with E-state index >= 15 is 0 Å². The summed E-state index contributed by atoms with van der Waals surface area (Å²) in [4.78, 5) is 2.39. The molecule has 9 heavy (non-hydrogen) atoms. The van der Waals surface area contributed by atoms with Gasteiger partial charge < -0.3 is 5.73 Å². The quantitative estimate of drug-likeness (QED) is 0.373. The molecule has 0 saturated carbocycles.